The highest BCUT2D eigenvalue weighted by Gasteiger charge is 2.29. The van der Waals surface area contributed by atoms with E-state index < -0.39 is 11.7 Å². The number of fused-ring (bicyclic) bond motifs is 1. The molecular weight excluding hydrogens is 485 g/mol. The number of aryl methyl sites for hydroxylation is 2. The number of carbonyl (C=O) groups is 1. The minimum Gasteiger partial charge on any atom is -0.488 e. The van der Waals surface area contributed by atoms with Gasteiger partial charge in [-0.2, -0.15) is 13.2 Å². The average molecular weight is 515 g/mol. The summed E-state index contributed by atoms with van der Waals surface area (Å²) in [6.07, 6.45) is 2.90. The Hall–Kier alpha value is -3.28. The maximum Gasteiger partial charge on any atom is 0.416 e. The van der Waals surface area contributed by atoms with Crippen molar-refractivity contribution < 1.29 is 27.4 Å². The van der Waals surface area contributed by atoms with Crippen LogP contribution in [0.2, 0.25) is 0 Å². The molecule has 0 spiro atoms. The molecule has 36 heavy (non-hydrogen) atoms. The molecule has 1 heterocycles. The fourth-order valence-electron chi connectivity index (χ4n) is 3.50. The number of halogens is 3. The highest BCUT2D eigenvalue weighted by Crippen LogP contribution is 2.33. The van der Waals surface area contributed by atoms with Gasteiger partial charge in [0.2, 0.25) is 0 Å². The molecule has 0 N–H and O–H groups in total. The number of aldehydes is 1. The summed E-state index contributed by atoms with van der Waals surface area (Å²) >= 11 is 1.71. The Labute approximate surface area is 213 Å². The predicted molar refractivity (Wildman–Crippen MR) is 138 cm³/mol. The van der Waals surface area contributed by atoms with Crippen molar-refractivity contribution in [2.75, 3.05) is 6.61 Å². The van der Waals surface area contributed by atoms with E-state index in [0.717, 1.165) is 48.1 Å². The summed E-state index contributed by atoms with van der Waals surface area (Å²) in [6, 6.07) is 9.21. The summed E-state index contributed by atoms with van der Waals surface area (Å²) in [6.45, 7) is 6.65. The number of rotatable bonds is 9. The number of hydrogen-bond acceptors (Lipinski definition) is 4. The van der Waals surface area contributed by atoms with E-state index in [1.165, 1.54) is 27.8 Å². The molecule has 0 bridgehead atoms. The summed E-state index contributed by atoms with van der Waals surface area (Å²) in [5, 5.41) is 3.47. The first kappa shape index (κ1) is 27.3. The molecule has 0 amide bonds. The standard InChI is InChI=1S/C25H21F3O2S.C4H8O/c1-3-18-15-31-24-12-23(16(2)11-21(18)24)30-14-19-5-4-6-22(19)29-13-17-7-9-20(10-8-17)25(26,27)28;1-2-3-4-5/h4-5,7-12,15H,3,13-14H2,1-2H3;4H,2-3H2,1H3. The van der Waals surface area contributed by atoms with E-state index in [2.05, 4.69) is 30.2 Å². The van der Waals surface area contributed by atoms with Crippen molar-refractivity contribution in [2.45, 2.75) is 52.8 Å². The van der Waals surface area contributed by atoms with E-state index in [0.29, 0.717) is 24.4 Å². The molecule has 0 fully saturated rings. The quantitative estimate of drug-likeness (QED) is 0.213. The zero-order valence-corrected chi connectivity index (χ0v) is 21.4. The van der Waals surface area contributed by atoms with Gasteiger partial charge >= 0.3 is 6.18 Å². The number of carbonyl (C=O) groups excluding carboxylic acids is 1. The Balaban J connectivity index is 0.000000658. The molecule has 7 heteroatoms. The summed E-state index contributed by atoms with van der Waals surface area (Å²) in [5.41, 5.74) is 6.26. The van der Waals surface area contributed by atoms with E-state index in [1.54, 1.807) is 17.4 Å². The van der Waals surface area contributed by atoms with Crippen molar-refractivity contribution in [3.63, 3.8) is 0 Å². The van der Waals surface area contributed by atoms with Gasteiger partial charge in [-0.3, -0.25) is 0 Å². The van der Waals surface area contributed by atoms with Crippen LogP contribution < -0.4 is 4.74 Å². The first-order valence-electron chi connectivity index (χ1n) is 11.8. The zero-order chi connectivity index (χ0) is 26.1. The Morgan fingerprint density at radius 1 is 1.06 bits per heavy atom. The topological polar surface area (TPSA) is 35.5 Å². The van der Waals surface area contributed by atoms with Crippen LogP contribution in [0.4, 0.5) is 13.2 Å². The number of unbranched alkanes of at least 4 members (excludes halogenated alkanes) is 1. The first-order valence-corrected chi connectivity index (χ1v) is 12.7. The van der Waals surface area contributed by atoms with Crippen LogP contribution in [-0.4, -0.2) is 12.9 Å². The molecule has 3 aromatic rings. The van der Waals surface area contributed by atoms with Gasteiger partial charge in [0, 0.05) is 16.7 Å². The maximum absolute atomic E-state index is 12.7. The lowest BCUT2D eigenvalue weighted by Crippen LogP contribution is -2.06. The summed E-state index contributed by atoms with van der Waals surface area (Å²) in [5.74, 6) is 1.37. The molecule has 3 nitrogen and oxygen atoms in total. The molecule has 0 saturated heterocycles. The highest BCUT2D eigenvalue weighted by molar-refractivity contribution is 7.17. The number of allylic oxidation sites excluding steroid dienone is 1. The molecule has 1 aliphatic rings. The Kier molecular flexibility index (Phi) is 9.57. The molecule has 1 aromatic heterocycles. The van der Waals surface area contributed by atoms with Crippen molar-refractivity contribution in [1.82, 2.24) is 0 Å². The summed E-state index contributed by atoms with van der Waals surface area (Å²) in [4.78, 5) is 9.40. The van der Waals surface area contributed by atoms with Crippen LogP contribution in [-0.2, 0) is 28.7 Å². The summed E-state index contributed by atoms with van der Waals surface area (Å²) < 4.78 is 51.1. The average Bonchev–Trinajstić information content (AvgIpc) is 3.47. The second-order valence-electron chi connectivity index (χ2n) is 8.29. The van der Waals surface area contributed by atoms with Gasteiger partial charge in [-0.15, -0.1) is 11.3 Å². The molecule has 4 rings (SSSR count). The second kappa shape index (κ2) is 12.6. The smallest absolute Gasteiger partial charge is 0.416 e. The predicted octanol–water partition coefficient (Wildman–Crippen LogP) is 8.35. The van der Waals surface area contributed by atoms with E-state index in [-0.39, 0.29) is 6.61 Å². The van der Waals surface area contributed by atoms with Gasteiger partial charge in [0.15, 0.2) is 5.76 Å². The van der Waals surface area contributed by atoms with Crippen LogP contribution in [0.3, 0.4) is 0 Å². The normalized spacial score (nSPS) is 12.6. The molecule has 0 saturated carbocycles. The Morgan fingerprint density at radius 3 is 2.42 bits per heavy atom. The van der Waals surface area contributed by atoms with Crippen molar-refractivity contribution in [1.29, 1.82) is 0 Å². The third-order valence-corrected chi connectivity index (χ3v) is 6.57. The van der Waals surface area contributed by atoms with Gasteiger partial charge in [0.05, 0.1) is 5.56 Å². The number of ether oxygens (including phenoxy) is 2. The lowest BCUT2D eigenvalue weighted by molar-refractivity contribution is -0.137. The van der Waals surface area contributed by atoms with Crippen LogP contribution >= 0.6 is 11.3 Å². The molecule has 190 valence electrons. The third-order valence-electron chi connectivity index (χ3n) is 5.58. The second-order valence-corrected chi connectivity index (χ2v) is 9.20. The SMILES string of the molecule is CCCC=O.CCc1csc2cc(OCC3=CC=C=C3OCc3ccc(C(F)(F)F)cc3)c(C)cc12. The third kappa shape index (κ3) is 7.12. The summed E-state index contributed by atoms with van der Waals surface area (Å²) in [7, 11) is 0. The van der Waals surface area contributed by atoms with Crippen LogP contribution in [0, 0.1) is 6.92 Å². The lowest BCUT2D eigenvalue weighted by Gasteiger charge is -2.14. The number of benzene rings is 2. The van der Waals surface area contributed by atoms with Crippen LogP contribution in [0.15, 0.2) is 71.0 Å². The van der Waals surface area contributed by atoms with E-state index in [4.69, 9.17) is 9.47 Å². The van der Waals surface area contributed by atoms with E-state index >= 15 is 0 Å². The van der Waals surface area contributed by atoms with Crippen LogP contribution in [0.5, 0.6) is 5.75 Å². The van der Waals surface area contributed by atoms with Gasteiger partial charge in [-0.25, -0.2) is 0 Å². The highest BCUT2D eigenvalue weighted by atomic mass is 32.1. The van der Waals surface area contributed by atoms with E-state index in [9.17, 15) is 18.0 Å². The molecule has 0 aliphatic heterocycles. The van der Waals surface area contributed by atoms with Gasteiger partial charge in [0.25, 0.3) is 0 Å². The first-order chi connectivity index (χ1) is 17.3. The Bertz CT molecular complexity index is 1280. The maximum atomic E-state index is 12.7. The van der Waals surface area contributed by atoms with E-state index in [1.807, 2.05) is 19.9 Å². The van der Waals surface area contributed by atoms with Crippen molar-refractivity contribution in [3.05, 3.63) is 93.2 Å². The molecular formula is C29H29F3O3S. The minimum atomic E-state index is -4.34. The molecule has 0 atom stereocenters. The lowest BCUT2D eigenvalue weighted by atomic mass is 10.1. The van der Waals surface area contributed by atoms with Crippen LogP contribution in [0.1, 0.15) is 48.9 Å². The molecule has 0 radical (unpaired) electrons. The number of thiophene rings is 1. The zero-order valence-electron chi connectivity index (χ0n) is 20.6. The van der Waals surface area contributed by atoms with Gasteiger partial charge in [-0.1, -0.05) is 31.7 Å². The van der Waals surface area contributed by atoms with Gasteiger partial charge in [0.1, 0.15) is 25.2 Å². The largest absolute Gasteiger partial charge is 0.488 e. The fourth-order valence-corrected chi connectivity index (χ4v) is 4.55. The van der Waals surface area contributed by atoms with Crippen molar-refractivity contribution in [3.8, 4) is 5.75 Å². The van der Waals surface area contributed by atoms with Gasteiger partial charge in [-0.05, 0) is 83.6 Å². The molecule has 1 aliphatic carbocycles. The molecule has 0 unspecified atom stereocenters. The number of hydrogen-bond donors (Lipinski definition) is 0. The van der Waals surface area contributed by atoms with Crippen molar-refractivity contribution in [2.24, 2.45) is 0 Å². The van der Waals surface area contributed by atoms with Crippen molar-refractivity contribution >= 4 is 27.7 Å². The van der Waals surface area contributed by atoms with Gasteiger partial charge < -0.3 is 14.3 Å². The monoisotopic (exact) mass is 514 g/mol. The Morgan fingerprint density at radius 2 is 1.81 bits per heavy atom. The minimum absolute atomic E-state index is 0.158. The molecule has 2 aromatic carbocycles. The number of alkyl halides is 3. The van der Waals surface area contributed by atoms with Crippen LogP contribution in [0.25, 0.3) is 10.1 Å². The fraction of sp³-hybridized carbons (Fsp3) is 0.310.